The predicted octanol–water partition coefficient (Wildman–Crippen LogP) is 5.50. The Hall–Kier alpha value is -2.69. The molecule has 0 aliphatic rings. The molecule has 0 spiro atoms. The molecule has 0 fully saturated rings. The van der Waals surface area contributed by atoms with Gasteiger partial charge in [0.1, 0.15) is 11.6 Å². The maximum Gasteiger partial charge on any atom is 0.266 e. The molecule has 6 heteroatoms. The summed E-state index contributed by atoms with van der Waals surface area (Å²) in [6.45, 7) is 0. The molecule has 0 unspecified atom stereocenters. The number of nitrogens with zero attached hydrogens (tertiary/aromatic N) is 2. The van der Waals surface area contributed by atoms with E-state index in [1.807, 2.05) is 18.2 Å². The van der Waals surface area contributed by atoms with E-state index >= 15 is 0 Å². The van der Waals surface area contributed by atoms with Gasteiger partial charge in [-0.15, -0.1) is 0 Å². The smallest absolute Gasteiger partial charge is 0.266 e. The van der Waals surface area contributed by atoms with Gasteiger partial charge in [0.25, 0.3) is 5.56 Å². The molecule has 0 bridgehead atoms. The van der Waals surface area contributed by atoms with Crippen LogP contribution in [0.3, 0.4) is 0 Å². The highest BCUT2D eigenvalue weighted by Gasteiger charge is 2.17. The number of rotatable bonds is 2. The molecular formula is C20H11Cl2FN2O. The Labute approximate surface area is 158 Å². The van der Waals surface area contributed by atoms with Gasteiger partial charge in [-0.1, -0.05) is 41.4 Å². The molecule has 3 nitrogen and oxygen atoms in total. The monoisotopic (exact) mass is 384 g/mol. The lowest BCUT2D eigenvalue weighted by atomic mass is 10.1. The molecule has 4 aromatic rings. The van der Waals surface area contributed by atoms with Crippen LogP contribution < -0.4 is 5.56 Å². The number of benzene rings is 3. The van der Waals surface area contributed by atoms with Gasteiger partial charge in [0.2, 0.25) is 0 Å². The van der Waals surface area contributed by atoms with E-state index in [0.29, 0.717) is 32.5 Å². The first-order chi connectivity index (χ1) is 12.5. The van der Waals surface area contributed by atoms with E-state index in [1.165, 1.54) is 22.8 Å². The van der Waals surface area contributed by atoms with Crippen LogP contribution in [0.4, 0.5) is 4.39 Å². The van der Waals surface area contributed by atoms with Gasteiger partial charge in [0.15, 0.2) is 0 Å². The third kappa shape index (κ3) is 2.87. The van der Waals surface area contributed by atoms with Crippen molar-refractivity contribution in [2.75, 3.05) is 0 Å². The van der Waals surface area contributed by atoms with Gasteiger partial charge in [-0.25, -0.2) is 9.37 Å². The number of para-hydroxylation sites is 1. The van der Waals surface area contributed by atoms with Crippen LogP contribution in [0.2, 0.25) is 10.0 Å². The van der Waals surface area contributed by atoms with Crippen molar-refractivity contribution >= 4 is 34.1 Å². The van der Waals surface area contributed by atoms with Gasteiger partial charge in [-0.3, -0.25) is 9.36 Å². The Bertz CT molecular complexity index is 1190. The first-order valence-electron chi connectivity index (χ1n) is 7.78. The lowest BCUT2D eigenvalue weighted by molar-refractivity contribution is 0.629. The highest BCUT2D eigenvalue weighted by molar-refractivity contribution is 6.36. The highest BCUT2D eigenvalue weighted by atomic mass is 35.5. The molecule has 1 aromatic heterocycles. The predicted molar refractivity (Wildman–Crippen MR) is 103 cm³/mol. The number of hydrogen-bond acceptors (Lipinski definition) is 2. The lowest BCUT2D eigenvalue weighted by Gasteiger charge is -2.15. The van der Waals surface area contributed by atoms with E-state index in [9.17, 15) is 9.18 Å². The minimum absolute atomic E-state index is 0.267. The van der Waals surface area contributed by atoms with Crippen LogP contribution in [-0.2, 0) is 0 Å². The van der Waals surface area contributed by atoms with Crippen molar-refractivity contribution in [1.82, 2.24) is 9.55 Å². The van der Waals surface area contributed by atoms with Crippen LogP contribution in [0.1, 0.15) is 0 Å². The van der Waals surface area contributed by atoms with Gasteiger partial charge < -0.3 is 0 Å². The SMILES string of the molecule is O=c1c2ccc(F)cc2nc(-c2ccc(Cl)cc2Cl)n1-c1ccccc1. The fourth-order valence-corrected chi connectivity index (χ4v) is 3.32. The molecule has 0 N–H and O–H groups in total. The van der Waals surface area contributed by atoms with Gasteiger partial charge in [0.05, 0.1) is 21.6 Å². The quantitative estimate of drug-likeness (QED) is 0.457. The zero-order chi connectivity index (χ0) is 18.3. The van der Waals surface area contributed by atoms with Crippen molar-refractivity contribution in [3.8, 4) is 17.1 Å². The number of fused-ring (bicyclic) bond motifs is 1. The fraction of sp³-hybridized carbons (Fsp3) is 0. The van der Waals surface area contributed by atoms with Crippen molar-refractivity contribution in [2.24, 2.45) is 0 Å². The molecule has 26 heavy (non-hydrogen) atoms. The summed E-state index contributed by atoms with van der Waals surface area (Å²) in [5.74, 6) is -0.143. The summed E-state index contributed by atoms with van der Waals surface area (Å²) in [6, 6.07) is 18.0. The largest absolute Gasteiger partial charge is 0.268 e. The highest BCUT2D eigenvalue weighted by Crippen LogP contribution is 2.30. The Morgan fingerprint density at radius 2 is 1.69 bits per heavy atom. The molecule has 128 valence electrons. The molecule has 3 aromatic carbocycles. The number of halogens is 3. The van der Waals surface area contributed by atoms with Crippen molar-refractivity contribution in [3.63, 3.8) is 0 Å². The van der Waals surface area contributed by atoms with Gasteiger partial charge >= 0.3 is 0 Å². The zero-order valence-electron chi connectivity index (χ0n) is 13.3. The maximum atomic E-state index is 13.7. The Kier molecular flexibility index (Phi) is 4.23. The van der Waals surface area contributed by atoms with Crippen molar-refractivity contribution in [2.45, 2.75) is 0 Å². The van der Waals surface area contributed by atoms with Crippen molar-refractivity contribution < 1.29 is 4.39 Å². The minimum atomic E-state index is -0.463. The van der Waals surface area contributed by atoms with Gasteiger partial charge in [-0.2, -0.15) is 0 Å². The third-order valence-electron chi connectivity index (χ3n) is 4.02. The van der Waals surface area contributed by atoms with E-state index in [4.69, 9.17) is 23.2 Å². The molecule has 4 rings (SSSR count). The Morgan fingerprint density at radius 1 is 0.923 bits per heavy atom. The second-order valence-electron chi connectivity index (χ2n) is 5.70. The van der Waals surface area contributed by atoms with Crippen LogP contribution in [-0.4, -0.2) is 9.55 Å². The molecular weight excluding hydrogens is 374 g/mol. The summed E-state index contributed by atoms with van der Waals surface area (Å²) in [6.07, 6.45) is 0. The average Bonchev–Trinajstić information content (AvgIpc) is 2.62. The van der Waals surface area contributed by atoms with Crippen molar-refractivity contribution in [1.29, 1.82) is 0 Å². The standard InChI is InChI=1S/C20H11Cl2FN2O/c21-12-6-8-15(17(22)10-12)19-24-18-11-13(23)7-9-16(18)20(26)25(19)14-4-2-1-3-5-14/h1-11H. The second kappa shape index (κ2) is 6.56. The minimum Gasteiger partial charge on any atom is -0.268 e. The summed E-state index contributed by atoms with van der Waals surface area (Å²) in [7, 11) is 0. The molecule has 0 saturated heterocycles. The molecule has 0 aliphatic carbocycles. The van der Waals surface area contributed by atoms with E-state index in [-0.39, 0.29) is 11.1 Å². The first kappa shape index (κ1) is 16.8. The van der Waals surface area contributed by atoms with Crippen LogP contribution in [0.25, 0.3) is 28.0 Å². The summed E-state index contributed by atoms with van der Waals surface area (Å²) >= 11 is 12.3. The van der Waals surface area contributed by atoms with Gasteiger partial charge in [-0.05, 0) is 42.5 Å². The van der Waals surface area contributed by atoms with Crippen molar-refractivity contribution in [3.05, 3.63) is 92.9 Å². The molecule has 1 heterocycles. The topological polar surface area (TPSA) is 34.9 Å². The second-order valence-corrected chi connectivity index (χ2v) is 6.54. The number of aromatic nitrogens is 2. The molecule has 0 aliphatic heterocycles. The van der Waals surface area contributed by atoms with Gasteiger partial charge in [0, 0.05) is 16.7 Å². The van der Waals surface area contributed by atoms with E-state index < -0.39 is 5.82 Å². The molecule has 0 radical (unpaired) electrons. The molecule has 0 amide bonds. The lowest BCUT2D eigenvalue weighted by Crippen LogP contribution is -2.22. The third-order valence-corrected chi connectivity index (χ3v) is 4.57. The Balaban J connectivity index is 2.14. The van der Waals surface area contributed by atoms with Crippen LogP contribution in [0.15, 0.2) is 71.5 Å². The average molecular weight is 385 g/mol. The van der Waals surface area contributed by atoms with Crippen LogP contribution in [0, 0.1) is 5.82 Å². The maximum absolute atomic E-state index is 13.7. The number of hydrogen-bond donors (Lipinski definition) is 0. The Morgan fingerprint density at radius 3 is 2.42 bits per heavy atom. The first-order valence-corrected chi connectivity index (χ1v) is 8.53. The normalized spacial score (nSPS) is 11.0. The van der Waals surface area contributed by atoms with Crippen LogP contribution >= 0.6 is 23.2 Å². The summed E-state index contributed by atoms with van der Waals surface area (Å²) in [5.41, 5.74) is 1.13. The van der Waals surface area contributed by atoms with E-state index in [0.717, 1.165) is 0 Å². The summed E-state index contributed by atoms with van der Waals surface area (Å²) < 4.78 is 15.1. The van der Waals surface area contributed by atoms with E-state index in [1.54, 1.807) is 30.3 Å². The molecule has 0 saturated carbocycles. The summed E-state index contributed by atoms with van der Waals surface area (Å²) in [4.78, 5) is 17.7. The van der Waals surface area contributed by atoms with Crippen LogP contribution in [0.5, 0.6) is 0 Å². The molecule has 0 atom stereocenters. The van der Waals surface area contributed by atoms with E-state index in [2.05, 4.69) is 4.98 Å². The summed E-state index contributed by atoms with van der Waals surface area (Å²) in [5, 5.41) is 1.15. The fourth-order valence-electron chi connectivity index (χ4n) is 2.83. The zero-order valence-corrected chi connectivity index (χ0v) is 14.8.